The smallest absolute Gasteiger partial charge is 0.326 e. The van der Waals surface area contributed by atoms with Crippen molar-refractivity contribution in [3.63, 3.8) is 0 Å². The Morgan fingerprint density at radius 3 is 2.62 bits per heavy atom. The molecule has 1 aromatic rings. The number of aliphatic imine (C=N–C) groups is 1. The van der Waals surface area contributed by atoms with E-state index >= 15 is 0 Å². The maximum absolute atomic E-state index is 13.0. The summed E-state index contributed by atoms with van der Waals surface area (Å²) in [5.41, 5.74) is 16.9. The van der Waals surface area contributed by atoms with Crippen molar-refractivity contribution in [3.8, 4) is 0 Å². The van der Waals surface area contributed by atoms with Crippen molar-refractivity contribution in [2.45, 2.75) is 63.2 Å². The maximum Gasteiger partial charge on any atom is 0.326 e. The second-order valence-electron chi connectivity index (χ2n) is 8.17. The molecular weight excluding hydrogens is 446 g/mol. The molecule has 14 heteroatoms. The van der Waals surface area contributed by atoms with E-state index in [0.717, 1.165) is 0 Å². The summed E-state index contributed by atoms with van der Waals surface area (Å²) in [4.78, 5) is 61.9. The monoisotopic (exact) mass is 479 g/mol. The highest BCUT2D eigenvalue weighted by Crippen LogP contribution is 2.19. The number of aromatic nitrogens is 2. The van der Waals surface area contributed by atoms with Crippen molar-refractivity contribution in [3.05, 3.63) is 18.2 Å². The quantitative estimate of drug-likeness (QED) is 0.0943. The van der Waals surface area contributed by atoms with Gasteiger partial charge in [-0.25, -0.2) is 9.78 Å². The molecule has 0 saturated carbocycles. The molecule has 0 bridgehead atoms. The van der Waals surface area contributed by atoms with Gasteiger partial charge in [0.1, 0.15) is 18.1 Å². The topological polar surface area (TPSA) is 235 Å². The van der Waals surface area contributed by atoms with Crippen LogP contribution in [0.2, 0.25) is 0 Å². The van der Waals surface area contributed by atoms with Gasteiger partial charge in [0.2, 0.25) is 17.7 Å². The van der Waals surface area contributed by atoms with Crippen LogP contribution in [0.15, 0.2) is 17.5 Å². The van der Waals surface area contributed by atoms with E-state index in [1.165, 1.54) is 17.4 Å². The van der Waals surface area contributed by atoms with Crippen molar-refractivity contribution < 1.29 is 24.3 Å². The predicted molar refractivity (Wildman–Crippen MR) is 122 cm³/mol. The van der Waals surface area contributed by atoms with Crippen LogP contribution in [-0.2, 0) is 25.6 Å². The molecule has 1 aliphatic rings. The second kappa shape index (κ2) is 12.5. The van der Waals surface area contributed by atoms with E-state index in [2.05, 4.69) is 25.6 Å². The van der Waals surface area contributed by atoms with Crippen molar-refractivity contribution in [2.24, 2.45) is 22.2 Å². The number of aromatic amines is 1. The Bertz CT molecular complexity index is 883. The number of carbonyl (C=O) groups is 4. The average molecular weight is 480 g/mol. The van der Waals surface area contributed by atoms with Gasteiger partial charge in [0.05, 0.1) is 12.4 Å². The van der Waals surface area contributed by atoms with Gasteiger partial charge < -0.3 is 42.8 Å². The van der Waals surface area contributed by atoms with Crippen LogP contribution >= 0.6 is 0 Å². The molecule has 4 unspecified atom stereocenters. The van der Waals surface area contributed by atoms with Gasteiger partial charge in [0.15, 0.2) is 5.96 Å². The number of guanidine groups is 1. The van der Waals surface area contributed by atoms with Crippen molar-refractivity contribution in [2.75, 3.05) is 13.1 Å². The number of H-pyrrole nitrogens is 1. The Balaban J connectivity index is 2.11. The standard InChI is InChI=1S/C20H33N9O5/c1-11(21)18(32)29-7-3-5-15(29)17(31)27-13(4-2-6-25-20(22)23)16(30)28-14(19(33)34)8-12-9-24-10-26-12/h9-11,13-15H,2-8,21H2,1H3,(H,24,26)(H,27,31)(H,28,30)(H,33,34)(H4,22,23,25). The third-order valence-corrected chi connectivity index (χ3v) is 5.40. The minimum atomic E-state index is -1.24. The maximum atomic E-state index is 13.0. The fourth-order valence-corrected chi connectivity index (χ4v) is 3.69. The van der Waals surface area contributed by atoms with Crippen LogP contribution in [0.4, 0.5) is 0 Å². The zero-order valence-corrected chi connectivity index (χ0v) is 19.1. The van der Waals surface area contributed by atoms with Gasteiger partial charge in [0, 0.05) is 31.4 Å². The molecule has 0 spiro atoms. The molecule has 0 aliphatic carbocycles. The molecule has 34 heavy (non-hydrogen) atoms. The van der Waals surface area contributed by atoms with Crippen LogP contribution < -0.4 is 27.8 Å². The molecule has 14 nitrogen and oxygen atoms in total. The minimum absolute atomic E-state index is 0.0188. The van der Waals surface area contributed by atoms with Gasteiger partial charge >= 0.3 is 5.97 Å². The molecule has 3 amide bonds. The van der Waals surface area contributed by atoms with Crippen LogP contribution in [-0.4, -0.2) is 86.9 Å². The first-order valence-electron chi connectivity index (χ1n) is 11.0. The molecular formula is C20H33N9O5. The van der Waals surface area contributed by atoms with Gasteiger partial charge in [-0.2, -0.15) is 0 Å². The van der Waals surface area contributed by atoms with E-state index in [1.807, 2.05) is 0 Å². The highest BCUT2D eigenvalue weighted by atomic mass is 16.4. The third-order valence-electron chi connectivity index (χ3n) is 5.40. The Kier molecular flexibility index (Phi) is 9.79. The highest BCUT2D eigenvalue weighted by Gasteiger charge is 2.37. The summed E-state index contributed by atoms with van der Waals surface area (Å²) in [6, 6.07) is -3.82. The van der Waals surface area contributed by atoms with Gasteiger partial charge in [-0.3, -0.25) is 19.4 Å². The molecule has 2 rings (SSSR count). The van der Waals surface area contributed by atoms with E-state index in [-0.39, 0.29) is 31.3 Å². The van der Waals surface area contributed by atoms with Crippen molar-refractivity contribution in [1.29, 1.82) is 0 Å². The van der Waals surface area contributed by atoms with Crippen molar-refractivity contribution >= 4 is 29.7 Å². The molecule has 1 fully saturated rings. The number of aliphatic carboxylic acids is 1. The number of imidazole rings is 1. The zero-order valence-electron chi connectivity index (χ0n) is 19.1. The molecule has 188 valence electrons. The lowest BCUT2D eigenvalue weighted by atomic mass is 10.1. The number of likely N-dealkylation sites (tertiary alicyclic amines) is 1. The van der Waals surface area contributed by atoms with Gasteiger partial charge in [-0.15, -0.1) is 0 Å². The summed E-state index contributed by atoms with van der Waals surface area (Å²) in [5.74, 6) is -2.87. The Hall–Kier alpha value is -3.68. The van der Waals surface area contributed by atoms with Crippen molar-refractivity contribution in [1.82, 2.24) is 25.5 Å². The Labute approximate surface area is 196 Å². The Morgan fingerprint density at radius 2 is 2.03 bits per heavy atom. The summed E-state index contributed by atoms with van der Waals surface area (Å²) in [6.45, 7) is 2.16. The number of nitrogens with one attached hydrogen (secondary N) is 3. The molecule has 0 aromatic carbocycles. The highest BCUT2D eigenvalue weighted by molar-refractivity contribution is 5.94. The van der Waals surface area contributed by atoms with E-state index in [9.17, 15) is 24.3 Å². The summed E-state index contributed by atoms with van der Waals surface area (Å²) in [5, 5.41) is 14.7. The number of nitrogens with zero attached hydrogens (tertiary/aromatic N) is 3. The van der Waals surface area contributed by atoms with Gasteiger partial charge in [-0.1, -0.05) is 0 Å². The first-order chi connectivity index (χ1) is 16.1. The molecule has 1 aliphatic heterocycles. The zero-order chi connectivity index (χ0) is 25.3. The second-order valence-corrected chi connectivity index (χ2v) is 8.17. The van der Waals surface area contributed by atoms with Crippen LogP contribution in [0.1, 0.15) is 38.3 Å². The average Bonchev–Trinajstić information content (AvgIpc) is 3.46. The summed E-state index contributed by atoms with van der Waals surface area (Å²) in [7, 11) is 0. The SMILES string of the molecule is CC(N)C(=O)N1CCCC1C(=O)NC(CCCN=C(N)N)C(=O)NC(Cc1cnc[nH]1)C(=O)O. The van der Waals surface area contributed by atoms with E-state index < -0.39 is 42.0 Å². The first-order valence-corrected chi connectivity index (χ1v) is 11.0. The fourth-order valence-electron chi connectivity index (χ4n) is 3.69. The lowest BCUT2D eigenvalue weighted by Gasteiger charge is -2.28. The minimum Gasteiger partial charge on any atom is -0.480 e. The van der Waals surface area contributed by atoms with Gasteiger partial charge in [-0.05, 0) is 32.6 Å². The lowest BCUT2D eigenvalue weighted by molar-refractivity contribution is -0.143. The number of hydrogen-bond acceptors (Lipinski definition) is 7. The molecule has 1 saturated heterocycles. The number of nitrogens with two attached hydrogens (primary N) is 3. The molecule has 4 atom stereocenters. The largest absolute Gasteiger partial charge is 0.480 e. The third kappa shape index (κ3) is 7.72. The first kappa shape index (κ1) is 26.6. The summed E-state index contributed by atoms with van der Waals surface area (Å²) >= 11 is 0. The summed E-state index contributed by atoms with van der Waals surface area (Å²) < 4.78 is 0. The van der Waals surface area contributed by atoms with Gasteiger partial charge in [0.25, 0.3) is 0 Å². The van der Waals surface area contributed by atoms with Crippen LogP contribution in [0.25, 0.3) is 0 Å². The van der Waals surface area contributed by atoms with E-state index in [4.69, 9.17) is 17.2 Å². The van der Waals surface area contributed by atoms with E-state index in [0.29, 0.717) is 31.5 Å². The normalized spacial score (nSPS) is 17.9. The number of hydrogen-bond donors (Lipinski definition) is 7. The van der Waals surface area contributed by atoms with E-state index in [1.54, 1.807) is 6.92 Å². The molecule has 1 aromatic heterocycles. The van der Waals surface area contributed by atoms with Crippen LogP contribution in [0.5, 0.6) is 0 Å². The number of carbonyl (C=O) groups excluding carboxylic acids is 3. The van der Waals surface area contributed by atoms with Crippen LogP contribution in [0.3, 0.4) is 0 Å². The molecule has 10 N–H and O–H groups in total. The number of amides is 3. The molecule has 2 heterocycles. The lowest BCUT2D eigenvalue weighted by Crippen LogP contribution is -2.56. The Morgan fingerprint density at radius 1 is 1.29 bits per heavy atom. The summed E-state index contributed by atoms with van der Waals surface area (Å²) in [6.07, 6.45) is 4.41. The number of carboxylic acid groups (broad SMARTS) is 1. The number of rotatable bonds is 12. The fraction of sp³-hybridized carbons (Fsp3) is 0.600. The molecule has 0 radical (unpaired) electrons. The van der Waals surface area contributed by atoms with Crippen LogP contribution in [0, 0.1) is 0 Å². The predicted octanol–water partition coefficient (Wildman–Crippen LogP) is -2.60. The number of carboxylic acids is 1.